The fourth-order valence-corrected chi connectivity index (χ4v) is 2.74. The van der Waals surface area contributed by atoms with Crippen molar-refractivity contribution in [3.63, 3.8) is 0 Å². The zero-order chi connectivity index (χ0) is 11.7. The van der Waals surface area contributed by atoms with E-state index in [9.17, 15) is 4.79 Å². The average molecular weight is 282 g/mol. The van der Waals surface area contributed by atoms with Gasteiger partial charge in [-0.25, -0.2) is 0 Å². The SMILES string of the molecule is CC1C(=O)CCN(c2ccccc2Br)C1C. The quantitative estimate of drug-likeness (QED) is 0.788. The first-order chi connectivity index (χ1) is 7.61. The Hall–Kier alpha value is -0.830. The molecule has 2 unspecified atom stereocenters. The van der Waals surface area contributed by atoms with Crippen LogP contribution in [0.15, 0.2) is 28.7 Å². The molecule has 1 aromatic carbocycles. The number of halogens is 1. The Bertz CT molecular complexity index is 405. The van der Waals surface area contributed by atoms with Crippen LogP contribution in [0.2, 0.25) is 0 Å². The number of rotatable bonds is 1. The maximum atomic E-state index is 11.6. The van der Waals surface area contributed by atoms with Crippen LogP contribution in [0.3, 0.4) is 0 Å². The lowest BCUT2D eigenvalue weighted by Crippen LogP contribution is -2.47. The summed E-state index contributed by atoms with van der Waals surface area (Å²) in [5.74, 6) is 0.511. The zero-order valence-corrected chi connectivity index (χ0v) is 11.2. The molecular weight excluding hydrogens is 266 g/mol. The number of benzene rings is 1. The van der Waals surface area contributed by atoms with Crippen LogP contribution in [0.4, 0.5) is 5.69 Å². The summed E-state index contributed by atoms with van der Waals surface area (Å²) in [4.78, 5) is 13.9. The highest BCUT2D eigenvalue weighted by molar-refractivity contribution is 9.10. The van der Waals surface area contributed by atoms with Gasteiger partial charge in [-0.15, -0.1) is 0 Å². The predicted octanol–water partition coefficient (Wildman–Crippen LogP) is 3.25. The lowest BCUT2D eigenvalue weighted by atomic mass is 9.90. The Morgan fingerprint density at radius 2 is 2.00 bits per heavy atom. The second-order valence-electron chi connectivity index (χ2n) is 4.39. The van der Waals surface area contributed by atoms with Crippen molar-refractivity contribution in [3.05, 3.63) is 28.7 Å². The number of piperidine rings is 1. The summed E-state index contributed by atoms with van der Waals surface area (Å²) < 4.78 is 1.10. The molecule has 1 aromatic rings. The van der Waals surface area contributed by atoms with Gasteiger partial charge in [-0.2, -0.15) is 0 Å². The number of carbonyl (C=O) groups is 1. The molecule has 1 aliphatic heterocycles. The van der Waals surface area contributed by atoms with Crippen molar-refractivity contribution >= 4 is 27.4 Å². The molecule has 0 aliphatic carbocycles. The Kier molecular flexibility index (Phi) is 3.33. The van der Waals surface area contributed by atoms with Gasteiger partial charge in [-0.3, -0.25) is 4.79 Å². The molecule has 0 amide bonds. The third-order valence-corrected chi connectivity index (χ3v) is 4.15. The first kappa shape index (κ1) is 11.6. The molecule has 0 aromatic heterocycles. The molecule has 0 radical (unpaired) electrons. The van der Waals surface area contributed by atoms with Crippen LogP contribution in [0.25, 0.3) is 0 Å². The molecule has 0 spiro atoms. The van der Waals surface area contributed by atoms with Crippen molar-refractivity contribution in [2.75, 3.05) is 11.4 Å². The first-order valence-electron chi connectivity index (χ1n) is 5.65. The number of ketones is 1. The van der Waals surface area contributed by atoms with Gasteiger partial charge in [0.15, 0.2) is 0 Å². The van der Waals surface area contributed by atoms with Crippen molar-refractivity contribution < 1.29 is 4.79 Å². The van der Waals surface area contributed by atoms with E-state index in [2.05, 4.69) is 33.8 Å². The monoisotopic (exact) mass is 281 g/mol. The number of hydrogen-bond donors (Lipinski definition) is 0. The summed E-state index contributed by atoms with van der Waals surface area (Å²) in [5, 5.41) is 0. The van der Waals surface area contributed by atoms with Gasteiger partial charge in [0.25, 0.3) is 0 Å². The number of hydrogen-bond acceptors (Lipinski definition) is 2. The van der Waals surface area contributed by atoms with E-state index < -0.39 is 0 Å². The smallest absolute Gasteiger partial charge is 0.139 e. The molecule has 1 saturated heterocycles. The molecule has 2 rings (SSSR count). The fraction of sp³-hybridized carbons (Fsp3) is 0.462. The predicted molar refractivity (Wildman–Crippen MR) is 69.7 cm³/mol. The Balaban J connectivity index is 2.29. The maximum absolute atomic E-state index is 11.6. The molecule has 0 saturated carbocycles. The second-order valence-corrected chi connectivity index (χ2v) is 5.24. The third kappa shape index (κ3) is 2.01. The summed E-state index contributed by atoms with van der Waals surface area (Å²) >= 11 is 3.57. The number of anilines is 1. The normalized spacial score (nSPS) is 25.9. The number of para-hydroxylation sites is 1. The third-order valence-electron chi connectivity index (χ3n) is 3.48. The van der Waals surface area contributed by atoms with E-state index in [-0.39, 0.29) is 12.0 Å². The molecule has 16 heavy (non-hydrogen) atoms. The van der Waals surface area contributed by atoms with Gasteiger partial charge in [0.05, 0.1) is 5.69 Å². The summed E-state index contributed by atoms with van der Waals surface area (Å²) in [6.45, 7) is 4.98. The van der Waals surface area contributed by atoms with Crippen molar-refractivity contribution in [2.24, 2.45) is 5.92 Å². The highest BCUT2D eigenvalue weighted by Crippen LogP contribution is 2.31. The van der Waals surface area contributed by atoms with Crippen molar-refractivity contribution in [1.29, 1.82) is 0 Å². The van der Waals surface area contributed by atoms with Crippen LogP contribution in [-0.4, -0.2) is 18.4 Å². The number of carbonyl (C=O) groups excluding carboxylic acids is 1. The van der Waals surface area contributed by atoms with E-state index in [1.165, 1.54) is 5.69 Å². The van der Waals surface area contributed by atoms with E-state index in [0.29, 0.717) is 12.2 Å². The molecule has 2 nitrogen and oxygen atoms in total. The highest BCUT2D eigenvalue weighted by Gasteiger charge is 2.31. The number of nitrogens with zero attached hydrogens (tertiary/aromatic N) is 1. The average Bonchev–Trinajstić information content (AvgIpc) is 2.28. The summed E-state index contributed by atoms with van der Waals surface area (Å²) in [7, 11) is 0. The maximum Gasteiger partial charge on any atom is 0.139 e. The van der Waals surface area contributed by atoms with Crippen LogP contribution in [0, 0.1) is 5.92 Å². The van der Waals surface area contributed by atoms with E-state index in [1.54, 1.807) is 0 Å². The van der Waals surface area contributed by atoms with E-state index in [4.69, 9.17) is 0 Å². The first-order valence-corrected chi connectivity index (χ1v) is 6.44. The Morgan fingerprint density at radius 1 is 1.31 bits per heavy atom. The van der Waals surface area contributed by atoms with Gasteiger partial charge in [0.1, 0.15) is 5.78 Å². The van der Waals surface area contributed by atoms with Crippen LogP contribution in [-0.2, 0) is 4.79 Å². The standard InChI is InChI=1S/C13H16BrNO/c1-9-10(2)15(8-7-13(9)16)12-6-4-3-5-11(12)14/h3-6,9-10H,7-8H2,1-2H3. The minimum atomic E-state index is 0.126. The lowest BCUT2D eigenvalue weighted by molar-refractivity contribution is -0.123. The molecule has 1 fully saturated rings. The van der Waals surface area contributed by atoms with E-state index in [1.807, 2.05) is 25.1 Å². The minimum absolute atomic E-state index is 0.126. The van der Waals surface area contributed by atoms with Gasteiger partial charge in [-0.05, 0) is 35.0 Å². The van der Waals surface area contributed by atoms with Crippen molar-refractivity contribution in [3.8, 4) is 0 Å². The Labute approximate surface area is 105 Å². The fourth-order valence-electron chi connectivity index (χ4n) is 2.23. The topological polar surface area (TPSA) is 20.3 Å². The van der Waals surface area contributed by atoms with Crippen molar-refractivity contribution in [2.45, 2.75) is 26.3 Å². The minimum Gasteiger partial charge on any atom is -0.367 e. The molecular formula is C13H16BrNO. The lowest BCUT2D eigenvalue weighted by Gasteiger charge is -2.39. The molecule has 0 N–H and O–H groups in total. The van der Waals surface area contributed by atoms with Crippen molar-refractivity contribution in [1.82, 2.24) is 0 Å². The van der Waals surface area contributed by atoms with Gasteiger partial charge in [-0.1, -0.05) is 19.1 Å². The van der Waals surface area contributed by atoms with Gasteiger partial charge >= 0.3 is 0 Å². The van der Waals surface area contributed by atoms with Gasteiger partial charge in [0, 0.05) is 29.4 Å². The molecule has 1 aliphatic rings. The highest BCUT2D eigenvalue weighted by atomic mass is 79.9. The molecule has 2 atom stereocenters. The molecule has 0 bridgehead atoms. The van der Waals surface area contributed by atoms with Crippen LogP contribution >= 0.6 is 15.9 Å². The largest absolute Gasteiger partial charge is 0.367 e. The summed E-state index contributed by atoms with van der Waals surface area (Å²) in [6, 6.07) is 8.47. The molecule has 1 heterocycles. The molecule has 3 heteroatoms. The van der Waals surface area contributed by atoms with Crippen LogP contribution in [0.5, 0.6) is 0 Å². The van der Waals surface area contributed by atoms with Crippen LogP contribution < -0.4 is 4.90 Å². The number of Topliss-reactive ketones (excluding diaryl/α,β-unsaturated/α-hetero) is 1. The van der Waals surface area contributed by atoms with E-state index >= 15 is 0 Å². The Morgan fingerprint density at radius 3 is 2.69 bits per heavy atom. The summed E-state index contributed by atoms with van der Waals surface area (Å²) in [6.07, 6.45) is 0.660. The van der Waals surface area contributed by atoms with E-state index in [0.717, 1.165) is 11.0 Å². The van der Waals surface area contributed by atoms with Gasteiger partial charge < -0.3 is 4.90 Å². The van der Waals surface area contributed by atoms with Crippen LogP contribution in [0.1, 0.15) is 20.3 Å². The summed E-state index contributed by atoms with van der Waals surface area (Å²) in [5.41, 5.74) is 1.19. The van der Waals surface area contributed by atoms with Gasteiger partial charge in [0.2, 0.25) is 0 Å². The second kappa shape index (κ2) is 4.58. The molecule has 86 valence electrons. The zero-order valence-electron chi connectivity index (χ0n) is 9.61.